The van der Waals surface area contributed by atoms with E-state index < -0.39 is 22.8 Å². The van der Waals surface area contributed by atoms with E-state index in [9.17, 15) is 24.5 Å². The van der Waals surface area contributed by atoms with Crippen LogP contribution in [-0.2, 0) is 11.8 Å². The summed E-state index contributed by atoms with van der Waals surface area (Å²) in [5.74, 6) is -1.42. The van der Waals surface area contributed by atoms with Crippen LogP contribution >= 0.6 is 0 Å². The van der Waals surface area contributed by atoms with Crippen molar-refractivity contribution in [1.82, 2.24) is 9.47 Å². The predicted octanol–water partition coefficient (Wildman–Crippen LogP) is 3.63. The van der Waals surface area contributed by atoms with Gasteiger partial charge in [-0.15, -0.1) is 6.58 Å². The van der Waals surface area contributed by atoms with E-state index in [1.807, 2.05) is 0 Å². The van der Waals surface area contributed by atoms with Crippen molar-refractivity contribution in [3.8, 4) is 0 Å². The molecule has 1 aromatic carbocycles. The number of carbonyl (C=O) groups excluding carboxylic acids is 3. The lowest BCUT2D eigenvalue weighted by Crippen LogP contribution is -2.43. The SMILES string of the molecule is C=CCN(C(=O)c1cccc([N+](=O)[O-])c1)C(C)C(=O)c1c(C)c(C(=O)OCC)n(C)c1C. The van der Waals surface area contributed by atoms with Crippen LogP contribution in [0.15, 0.2) is 36.9 Å². The van der Waals surface area contributed by atoms with Crippen LogP contribution in [0.1, 0.15) is 56.3 Å². The van der Waals surface area contributed by atoms with Crippen molar-refractivity contribution in [3.05, 3.63) is 75.1 Å². The van der Waals surface area contributed by atoms with Crippen LogP contribution < -0.4 is 0 Å². The second-order valence-corrected chi connectivity index (χ2v) is 7.31. The van der Waals surface area contributed by atoms with E-state index in [1.165, 1.54) is 35.2 Å². The fraction of sp³-hybridized carbons (Fsp3) is 0.348. The first-order valence-corrected chi connectivity index (χ1v) is 10.1. The van der Waals surface area contributed by atoms with Crippen LogP contribution in [0.5, 0.6) is 0 Å². The zero-order valence-corrected chi connectivity index (χ0v) is 18.9. The number of ketones is 1. The summed E-state index contributed by atoms with van der Waals surface area (Å²) in [5, 5.41) is 11.1. The number of nitrogens with zero attached hydrogens (tertiary/aromatic N) is 3. The molecule has 1 heterocycles. The Morgan fingerprint density at radius 2 is 1.97 bits per heavy atom. The molecule has 0 fully saturated rings. The van der Waals surface area contributed by atoms with Crippen LogP contribution in [0, 0.1) is 24.0 Å². The van der Waals surface area contributed by atoms with Gasteiger partial charge in [0.15, 0.2) is 5.78 Å². The normalized spacial score (nSPS) is 11.5. The summed E-state index contributed by atoms with van der Waals surface area (Å²) in [5.41, 5.74) is 1.53. The van der Waals surface area contributed by atoms with E-state index in [2.05, 4.69) is 6.58 Å². The van der Waals surface area contributed by atoms with E-state index in [-0.39, 0.29) is 35.9 Å². The minimum Gasteiger partial charge on any atom is -0.461 e. The van der Waals surface area contributed by atoms with Gasteiger partial charge in [0, 0.05) is 42.5 Å². The maximum atomic E-state index is 13.5. The average Bonchev–Trinajstić information content (AvgIpc) is 2.98. The van der Waals surface area contributed by atoms with Crippen molar-refractivity contribution in [2.45, 2.75) is 33.7 Å². The van der Waals surface area contributed by atoms with Gasteiger partial charge < -0.3 is 14.2 Å². The quantitative estimate of drug-likeness (QED) is 0.193. The number of nitro groups is 1. The fourth-order valence-corrected chi connectivity index (χ4v) is 3.65. The highest BCUT2D eigenvalue weighted by atomic mass is 16.6. The predicted molar refractivity (Wildman–Crippen MR) is 119 cm³/mol. The second kappa shape index (κ2) is 10.0. The minimum atomic E-state index is -0.908. The highest BCUT2D eigenvalue weighted by Crippen LogP contribution is 2.25. The summed E-state index contributed by atoms with van der Waals surface area (Å²) < 4.78 is 6.71. The third kappa shape index (κ3) is 4.61. The zero-order chi connectivity index (χ0) is 24.2. The molecule has 0 aliphatic carbocycles. The molecule has 0 saturated carbocycles. The Hall–Kier alpha value is -3.75. The van der Waals surface area contributed by atoms with Crippen LogP contribution in [0.2, 0.25) is 0 Å². The third-order valence-corrected chi connectivity index (χ3v) is 5.38. The fourth-order valence-electron chi connectivity index (χ4n) is 3.65. The molecule has 32 heavy (non-hydrogen) atoms. The van der Waals surface area contributed by atoms with Gasteiger partial charge in [-0.3, -0.25) is 19.7 Å². The van der Waals surface area contributed by atoms with Crippen molar-refractivity contribution in [2.24, 2.45) is 7.05 Å². The van der Waals surface area contributed by atoms with E-state index >= 15 is 0 Å². The first kappa shape index (κ1) is 24.5. The van der Waals surface area contributed by atoms with E-state index in [1.54, 1.807) is 39.3 Å². The number of ether oxygens (including phenoxy) is 1. The summed E-state index contributed by atoms with van der Waals surface area (Å²) in [4.78, 5) is 50.8. The number of hydrogen-bond donors (Lipinski definition) is 0. The largest absolute Gasteiger partial charge is 0.461 e. The number of non-ortho nitro benzene ring substituents is 1. The number of esters is 1. The van der Waals surface area contributed by atoms with Crippen LogP contribution in [0.3, 0.4) is 0 Å². The lowest BCUT2D eigenvalue weighted by molar-refractivity contribution is -0.384. The van der Waals surface area contributed by atoms with Gasteiger partial charge in [0.25, 0.3) is 11.6 Å². The Morgan fingerprint density at radius 1 is 1.31 bits per heavy atom. The molecule has 0 bridgehead atoms. The maximum Gasteiger partial charge on any atom is 0.355 e. The Kier molecular flexibility index (Phi) is 7.69. The molecule has 1 aromatic heterocycles. The van der Waals surface area contributed by atoms with Gasteiger partial charge in [0.05, 0.1) is 17.6 Å². The third-order valence-electron chi connectivity index (χ3n) is 5.38. The molecule has 0 aliphatic heterocycles. The zero-order valence-electron chi connectivity index (χ0n) is 18.9. The number of Topliss-reactive ketones (excluding diaryl/α,β-unsaturated/α-hetero) is 1. The van der Waals surface area contributed by atoms with E-state index in [0.717, 1.165) is 0 Å². The molecule has 0 spiro atoms. The number of rotatable bonds is 9. The summed E-state index contributed by atoms with van der Waals surface area (Å²) >= 11 is 0. The van der Waals surface area contributed by atoms with Crippen molar-refractivity contribution in [1.29, 1.82) is 0 Å². The van der Waals surface area contributed by atoms with Crippen molar-refractivity contribution in [2.75, 3.05) is 13.2 Å². The molecule has 0 radical (unpaired) electrons. The highest BCUT2D eigenvalue weighted by molar-refractivity contribution is 6.07. The molecule has 2 aromatic rings. The molecule has 0 N–H and O–H groups in total. The first-order chi connectivity index (χ1) is 15.1. The molecule has 9 heteroatoms. The molecule has 1 amide bonds. The molecule has 170 valence electrons. The molecule has 0 saturated heterocycles. The number of amides is 1. The topological polar surface area (TPSA) is 112 Å². The molecule has 2 rings (SSSR count). The van der Waals surface area contributed by atoms with Crippen LogP contribution in [0.4, 0.5) is 5.69 Å². The van der Waals surface area contributed by atoms with Crippen molar-refractivity contribution < 1.29 is 24.0 Å². The number of nitro benzene ring substituents is 1. The Labute approximate surface area is 186 Å². The van der Waals surface area contributed by atoms with E-state index in [0.29, 0.717) is 16.8 Å². The average molecular weight is 441 g/mol. The van der Waals surface area contributed by atoms with Gasteiger partial charge in [0.2, 0.25) is 0 Å². The summed E-state index contributed by atoms with van der Waals surface area (Å²) in [6.07, 6.45) is 1.48. The van der Waals surface area contributed by atoms with Gasteiger partial charge in [-0.1, -0.05) is 12.1 Å². The van der Waals surface area contributed by atoms with Crippen LogP contribution in [-0.4, -0.2) is 51.2 Å². The Morgan fingerprint density at radius 3 is 2.53 bits per heavy atom. The molecule has 1 unspecified atom stereocenters. The summed E-state index contributed by atoms with van der Waals surface area (Å²) in [7, 11) is 1.67. The molecule has 1 atom stereocenters. The van der Waals surface area contributed by atoms with Crippen LogP contribution in [0.25, 0.3) is 0 Å². The standard InChI is InChI=1S/C23H27N3O6/c1-7-12-25(22(28)17-10-9-11-18(13-17)26(30)31)16(5)21(27)19-14(3)20(23(29)32-8-2)24(6)15(19)4/h7,9-11,13,16H,1,8,12H2,2-6H3. The van der Waals surface area contributed by atoms with E-state index in [4.69, 9.17) is 4.74 Å². The molecule has 9 nitrogen and oxygen atoms in total. The lowest BCUT2D eigenvalue weighted by Gasteiger charge is -2.27. The minimum absolute atomic E-state index is 0.0596. The molecular formula is C23H27N3O6. The first-order valence-electron chi connectivity index (χ1n) is 10.1. The van der Waals surface area contributed by atoms with Gasteiger partial charge in [-0.2, -0.15) is 0 Å². The van der Waals surface area contributed by atoms with Gasteiger partial charge in [-0.25, -0.2) is 4.79 Å². The smallest absolute Gasteiger partial charge is 0.355 e. The Balaban J connectivity index is 2.47. The Bertz CT molecular complexity index is 1090. The second-order valence-electron chi connectivity index (χ2n) is 7.31. The van der Waals surface area contributed by atoms with Gasteiger partial charge >= 0.3 is 5.97 Å². The number of aromatic nitrogens is 1. The maximum absolute atomic E-state index is 13.5. The molecular weight excluding hydrogens is 414 g/mol. The molecule has 0 aliphatic rings. The number of hydrogen-bond acceptors (Lipinski definition) is 6. The number of carbonyl (C=O) groups is 3. The number of benzene rings is 1. The van der Waals surface area contributed by atoms with Gasteiger partial charge in [-0.05, 0) is 39.3 Å². The van der Waals surface area contributed by atoms with Crippen molar-refractivity contribution in [3.63, 3.8) is 0 Å². The van der Waals surface area contributed by atoms with Crippen molar-refractivity contribution >= 4 is 23.3 Å². The lowest BCUT2D eigenvalue weighted by atomic mass is 9.99. The summed E-state index contributed by atoms with van der Waals surface area (Å²) in [6, 6.07) is 4.43. The van der Waals surface area contributed by atoms with Gasteiger partial charge in [0.1, 0.15) is 5.69 Å². The monoisotopic (exact) mass is 441 g/mol. The summed E-state index contributed by atoms with van der Waals surface area (Å²) in [6.45, 7) is 10.6. The highest BCUT2D eigenvalue weighted by Gasteiger charge is 2.32.